The Morgan fingerprint density at radius 1 is 1.38 bits per heavy atom. The lowest BCUT2D eigenvalue weighted by Gasteiger charge is -2.34. The van der Waals surface area contributed by atoms with Gasteiger partial charge in [0.15, 0.2) is 0 Å². The molecule has 1 aliphatic heterocycles. The number of carbonyl (C=O) groups is 1. The van der Waals surface area contributed by atoms with E-state index in [2.05, 4.69) is 16.3 Å². The Morgan fingerprint density at radius 3 is 2.76 bits per heavy atom. The zero-order chi connectivity index (χ0) is 15.1. The Labute approximate surface area is 134 Å². The van der Waals surface area contributed by atoms with E-state index in [-0.39, 0.29) is 5.91 Å². The van der Waals surface area contributed by atoms with E-state index in [1.165, 1.54) is 4.88 Å². The van der Waals surface area contributed by atoms with E-state index in [1.807, 2.05) is 11.0 Å². The fourth-order valence-electron chi connectivity index (χ4n) is 2.29. The molecule has 1 amide bonds. The third-order valence-electron chi connectivity index (χ3n) is 3.49. The number of hydrogen-bond acceptors (Lipinski definition) is 5. The first-order valence-corrected chi connectivity index (χ1v) is 8.32. The molecule has 1 aliphatic rings. The number of carbonyl (C=O) groups excluding carboxylic acids is 1. The normalized spacial score (nSPS) is 16.4. The van der Waals surface area contributed by atoms with E-state index in [9.17, 15) is 4.79 Å². The first-order chi connectivity index (χ1) is 10.2. The number of rotatable bonds is 7. The third kappa shape index (κ3) is 5.56. The van der Waals surface area contributed by atoms with Crippen molar-refractivity contribution in [3.05, 3.63) is 21.3 Å². The van der Waals surface area contributed by atoms with Crippen LogP contribution in [0.4, 0.5) is 0 Å². The summed E-state index contributed by atoms with van der Waals surface area (Å²) in [7, 11) is 1.66. The van der Waals surface area contributed by atoms with Crippen LogP contribution in [0.2, 0.25) is 4.34 Å². The molecule has 0 aliphatic carbocycles. The van der Waals surface area contributed by atoms with Crippen LogP contribution in [0.1, 0.15) is 4.88 Å². The molecule has 0 unspecified atom stereocenters. The van der Waals surface area contributed by atoms with Gasteiger partial charge in [0.05, 0.1) is 17.5 Å². The molecule has 5 nitrogen and oxygen atoms in total. The van der Waals surface area contributed by atoms with Crippen molar-refractivity contribution in [2.75, 3.05) is 53.0 Å². The van der Waals surface area contributed by atoms with E-state index in [0.29, 0.717) is 19.7 Å². The Hall–Kier alpha value is -0.660. The van der Waals surface area contributed by atoms with Gasteiger partial charge in [-0.2, -0.15) is 0 Å². The number of nitrogens with one attached hydrogen (secondary N) is 1. The molecule has 0 radical (unpaired) electrons. The van der Waals surface area contributed by atoms with Crippen molar-refractivity contribution in [1.29, 1.82) is 0 Å². The van der Waals surface area contributed by atoms with Crippen LogP contribution in [0, 0.1) is 0 Å². The Balaban J connectivity index is 1.66. The molecule has 1 saturated heterocycles. The van der Waals surface area contributed by atoms with Gasteiger partial charge in [-0.05, 0) is 12.1 Å². The summed E-state index contributed by atoms with van der Waals surface area (Å²) in [5, 5.41) is 3.09. The molecule has 118 valence electrons. The smallest absolute Gasteiger partial charge is 0.236 e. The monoisotopic (exact) mass is 331 g/mol. The van der Waals surface area contributed by atoms with Gasteiger partial charge in [-0.1, -0.05) is 11.6 Å². The molecule has 1 N–H and O–H groups in total. The molecule has 0 aromatic carbocycles. The molecule has 0 saturated carbocycles. The van der Waals surface area contributed by atoms with Gasteiger partial charge >= 0.3 is 0 Å². The average Bonchev–Trinajstić information content (AvgIpc) is 2.89. The van der Waals surface area contributed by atoms with E-state index < -0.39 is 0 Å². The van der Waals surface area contributed by atoms with Crippen molar-refractivity contribution in [2.45, 2.75) is 6.54 Å². The van der Waals surface area contributed by atoms with Gasteiger partial charge in [-0.3, -0.25) is 9.69 Å². The summed E-state index contributed by atoms with van der Waals surface area (Å²) in [6.45, 7) is 6.08. The van der Waals surface area contributed by atoms with Crippen molar-refractivity contribution in [2.24, 2.45) is 0 Å². The zero-order valence-electron chi connectivity index (χ0n) is 12.3. The first kappa shape index (κ1) is 16.7. The minimum atomic E-state index is 0.171. The van der Waals surface area contributed by atoms with Crippen LogP contribution in [0.5, 0.6) is 0 Å². The lowest BCUT2D eigenvalue weighted by Crippen LogP contribution is -2.50. The second kappa shape index (κ2) is 8.70. The topological polar surface area (TPSA) is 44.8 Å². The van der Waals surface area contributed by atoms with Crippen molar-refractivity contribution in [3.63, 3.8) is 0 Å². The van der Waals surface area contributed by atoms with Gasteiger partial charge in [-0.15, -0.1) is 11.3 Å². The zero-order valence-corrected chi connectivity index (χ0v) is 13.9. The van der Waals surface area contributed by atoms with E-state index in [1.54, 1.807) is 18.4 Å². The Morgan fingerprint density at radius 2 is 2.14 bits per heavy atom. The van der Waals surface area contributed by atoms with Gasteiger partial charge in [-0.25, -0.2) is 0 Å². The second-order valence-corrected chi connectivity index (χ2v) is 6.83. The number of piperazine rings is 1. The van der Waals surface area contributed by atoms with E-state index in [0.717, 1.165) is 37.1 Å². The predicted molar refractivity (Wildman–Crippen MR) is 85.9 cm³/mol. The maximum absolute atomic E-state index is 12.0. The summed E-state index contributed by atoms with van der Waals surface area (Å²) in [5.74, 6) is 0.171. The van der Waals surface area contributed by atoms with Gasteiger partial charge < -0.3 is 15.0 Å². The molecule has 21 heavy (non-hydrogen) atoms. The van der Waals surface area contributed by atoms with Crippen LogP contribution < -0.4 is 5.32 Å². The molecule has 0 bridgehead atoms. The minimum absolute atomic E-state index is 0.171. The maximum atomic E-state index is 12.0. The first-order valence-electron chi connectivity index (χ1n) is 7.13. The fourth-order valence-corrected chi connectivity index (χ4v) is 3.42. The number of halogens is 1. The van der Waals surface area contributed by atoms with Crippen LogP contribution in [0.15, 0.2) is 12.1 Å². The minimum Gasteiger partial charge on any atom is -0.383 e. The number of methoxy groups -OCH3 is 1. The summed E-state index contributed by atoms with van der Waals surface area (Å²) >= 11 is 7.57. The highest BCUT2D eigenvalue weighted by molar-refractivity contribution is 7.16. The molecule has 0 spiro atoms. The van der Waals surface area contributed by atoms with Gasteiger partial charge in [0.2, 0.25) is 5.91 Å². The molecule has 0 atom stereocenters. The lowest BCUT2D eigenvalue weighted by atomic mass is 10.3. The highest BCUT2D eigenvalue weighted by atomic mass is 35.5. The van der Waals surface area contributed by atoms with Crippen molar-refractivity contribution in [3.8, 4) is 0 Å². The van der Waals surface area contributed by atoms with Crippen LogP contribution in [0.3, 0.4) is 0 Å². The quantitative estimate of drug-likeness (QED) is 0.765. The van der Waals surface area contributed by atoms with Gasteiger partial charge in [0, 0.05) is 51.3 Å². The van der Waals surface area contributed by atoms with Crippen LogP contribution >= 0.6 is 22.9 Å². The highest BCUT2D eigenvalue weighted by Gasteiger charge is 2.20. The van der Waals surface area contributed by atoms with E-state index >= 15 is 0 Å². The summed E-state index contributed by atoms with van der Waals surface area (Å²) in [6.07, 6.45) is 0. The summed E-state index contributed by atoms with van der Waals surface area (Å²) in [5.41, 5.74) is 0. The van der Waals surface area contributed by atoms with E-state index in [4.69, 9.17) is 16.3 Å². The predicted octanol–water partition coefficient (Wildman–Crippen LogP) is 1.28. The van der Waals surface area contributed by atoms with Gasteiger partial charge in [0.1, 0.15) is 0 Å². The summed E-state index contributed by atoms with van der Waals surface area (Å²) in [6, 6.07) is 4.01. The van der Waals surface area contributed by atoms with Crippen molar-refractivity contribution >= 4 is 28.8 Å². The molecule has 2 rings (SSSR count). The molecular formula is C14H22ClN3O2S. The third-order valence-corrected chi connectivity index (χ3v) is 4.71. The summed E-state index contributed by atoms with van der Waals surface area (Å²) in [4.78, 5) is 17.6. The number of ether oxygens (including phenoxy) is 1. The number of nitrogens with zero attached hydrogens (tertiary/aromatic N) is 2. The summed E-state index contributed by atoms with van der Waals surface area (Å²) < 4.78 is 5.77. The van der Waals surface area contributed by atoms with Crippen molar-refractivity contribution < 1.29 is 9.53 Å². The van der Waals surface area contributed by atoms with Crippen LogP contribution in [-0.2, 0) is 16.1 Å². The maximum Gasteiger partial charge on any atom is 0.236 e. The molecule has 1 aromatic heterocycles. The van der Waals surface area contributed by atoms with Crippen LogP contribution in [-0.4, -0.2) is 68.7 Å². The highest BCUT2D eigenvalue weighted by Crippen LogP contribution is 2.23. The fraction of sp³-hybridized carbons (Fsp3) is 0.643. The SMILES string of the molecule is COCCNCC(=O)N1CCN(Cc2ccc(Cl)s2)CC1. The Bertz CT molecular complexity index is 447. The number of amides is 1. The number of thiophene rings is 1. The van der Waals surface area contributed by atoms with Crippen molar-refractivity contribution in [1.82, 2.24) is 15.1 Å². The standard InChI is InChI=1S/C14H22ClN3O2S/c1-20-9-4-16-10-14(19)18-7-5-17(6-8-18)11-12-2-3-13(15)21-12/h2-3,16H,4-11H2,1H3. The molecule has 1 aromatic rings. The second-order valence-electron chi connectivity index (χ2n) is 5.03. The Kier molecular flexibility index (Phi) is 6.92. The molecular weight excluding hydrogens is 310 g/mol. The largest absolute Gasteiger partial charge is 0.383 e. The van der Waals surface area contributed by atoms with Gasteiger partial charge in [0.25, 0.3) is 0 Å². The average molecular weight is 332 g/mol. The molecule has 1 fully saturated rings. The number of hydrogen-bond donors (Lipinski definition) is 1. The molecule has 7 heteroatoms. The lowest BCUT2D eigenvalue weighted by molar-refractivity contribution is -0.132. The van der Waals surface area contributed by atoms with Crippen LogP contribution in [0.25, 0.3) is 0 Å². The molecule has 2 heterocycles.